The van der Waals surface area contributed by atoms with Gasteiger partial charge in [0.15, 0.2) is 0 Å². The van der Waals surface area contributed by atoms with Crippen LogP contribution >= 0.6 is 24.8 Å². The molecule has 0 aliphatic carbocycles. The number of aryl methyl sites for hydroxylation is 1. The number of nitrogens with zero attached hydrogens (tertiary/aromatic N) is 2. The van der Waals surface area contributed by atoms with Crippen LogP contribution in [0.1, 0.15) is 33.3 Å². The molecule has 0 aliphatic rings. The molecule has 0 radical (unpaired) electrons. The number of aromatic nitrogens is 2. The number of pyridine rings is 2. The molecular weight excluding hydrogens is 403 g/mol. The molecule has 0 saturated heterocycles. The standard InChI is InChI=1S/C23H28N4.2ClH/c1-15(2)26-22-10-7-19(13-24-22)18-6-9-21(17(5)12-18)20-8-11-23(25-14-20)27-16(3)4;;/h6-16H,1-5H3,(H,24,26)(H,25,27);2*1H. The van der Waals surface area contributed by atoms with Gasteiger partial charge in [-0.15, -0.1) is 24.8 Å². The van der Waals surface area contributed by atoms with Gasteiger partial charge in [-0.1, -0.05) is 18.2 Å². The van der Waals surface area contributed by atoms with E-state index >= 15 is 0 Å². The van der Waals surface area contributed by atoms with Crippen molar-refractivity contribution in [3.63, 3.8) is 0 Å². The minimum absolute atomic E-state index is 0. The fourth-order valence-electron chi connectivity index (χ4n) is 3.05. The van der Waals surface area contributed by atoms with Crippen molar-refractivity contribution in [1.82, 2.24) is 9.97 Å². The van der Waals surface area contributed by atoms with Crippen molar-refractivity contribution in [3.8, 4) is 22.3 Å². The van der Waals surface area contributed by atoms with Gasteiger partial charge >= 0.3 is 0 Å². The van der Waals surface area contributed by atoms with Gasteiger partial charge in [-0.25, -0.2) is 9.97 Å². The first-order valence-electron chi connectivity index (χ1n) is 9.49. The summed E-state index contributed by atoms with van der Waals surface area (Å²) in [4.78, 5) is 9.03. The summed E-state index contributed by atoms with van der Waals surface area (Å²) < 4.78 is 0. The van der Waals surface area contributed by atoms with Gasteiger partial charge in [0.05, 0.1) is 0 Å². The summed E-state index contributed by atoms with van der Waals surface area (Å²) in [6.45, 7) is 10.6. The van der Waals surface area contributed by atoms with E-state index in [1.807, 2.05) is 24.5 Å². The molecule has 6 heteroatoms. The van der Waals surface area contributed by atoms with Gasteiger partial charge in [-0.3, -0.25) is 0 Å². The van der Waals surface area contributed by atoms with Gasteiger partial charge in [0.1, 0.15) is 11.6 Å². The number of nitrogens with one attached hydrogen (secondary N) is 2. The molecule has 0 atom stereocenters. The first-order valence-corrected chi connectivity index (χ1v) is 9.49. The van der Waals surface area contributed by atoms with Crippen LogP contribution in [0.4, 0.5) is 11.6 Å². The van der Waals surface area contributed by atoms with Gasteiger partial charge in [0.25, 0.3) is 0 Å². The zero-order valence-corrected chi connectivity index (χ0v) is 19.2. The molecule has 3 rings (SSSR count). The molecule has 2 heterocycles. The number of halogens is 2. The molecule has 0 spiro atoms. The largest absolute Gasteiger partial charge is 0.368 e. The average molecular weight is 433 g/mol. The van der Waals surface area contributed by atoms with E-state index in [4.69, 9.17) is 0 Å². The Bertz CT molecular complexity index is 892. The van der Waals surface area contributed by atoms with E-state index < -0.39 is 0 Å². The van der Waals surface area contributed by atoms with E-state index in [1.165, 1.54) is 16.7 Å². The number of hydrogen-bond donors (Lipinski definition) is 2. The second-order valence-corrected chi connectivity index (χ2v) is 7.49. The van der Waals surface area contributed by atoms with Crippen LogP contribution in [0.2, 0.25) is 0 Å². The van der Waals surface area contributed by atoms with Crippen molar-refractivity contribution in [3.05, 3.63) is 60.4 Å². The fourth-order valence-corrected chi connectivity index (χ4v) is 3.05. The molecule has 156 valence electrons. The second-order valence-electron chi connectivity index (χ2n) is 7.49. The molecule has 0 aliphatic heterocycles. The van der Waals surface area contributed by atoms with Crippen LogP contribution in [0, 0.1) is 6.92 Å². The fraction of sp³-hybridized carbons (Fsp3) is 0.304. The van der Waals surface area contributed by atoms with Crippen LogP contribution in [-0.4, -0.2) is 22.1 Å². The smallest absolute Gasteiger partial charge is 0.126 e. The van der Waals surface area contributed by atoms with E-state index in [2.05, 4.69) is 85.6 Å². The van der Waals surface area contributed by atoms with Crippen LogP contribution in [-0.2, 0) is 0 Å². The van der Waals surface area contributed by atoms with Crippen LogP contribution in [0.25, 0.3) is 22.3 Å². The van der Waals surface area contributed by atoms with E-state index in [-0.39, 0.29) is 24.8 Å². The van der Waals surface area contributed by atoms with Crippen LogP contribution < -0.4 is 10.6 Å². The van der Waals surface area contributed by atoms with Gasteiger partial charge in [-0.05, 0) is 75.6 Å². The second kappa shape index (κ2) is 11.0. The van der Waals surface area contributed by atoms with Crippen LogP contribution in [0.15, 0.2) is 54.9 Å². The Morgan fingerprint density at radius 2 is 1.14 bits per heavy atom. The van der Waals surface area contributed by atoms with Gasteiger partial charge in [-0.2, -0.15) is 0 Å². The van der Waals surface area contributed by atoms with E-state index in [0.29, 0.717) is 12.1 Å². The molecule has 0 amide bonds. The summed E-state index contributed by atoms with van der Waals surface area (Å²) in [5, 5.41) is 6.64. The van der Waals surface area contributed by atoms with Crippen molar-refractivity contribution < 1.29 is 0 Å². The average Bonchev–Trinajstić information content (AvgIpc) is 2.62. The lowest BCUT2D eigenvalue weighted by atomic mass is 9.97. The summed E-state index contributed by atoms with van der Waals surface area (Å²) in [5.41, 5.74) is 5.85. The summed E-state index contributed by atoms with van der Waals surface area (Å²) in [6.07, 6.45) is 3.85. The Balaban J connectivity index is 0.00000210. The molecule has 2 N–H and O–H groups in total. The zero-order valence-electron chi connectivity index (χ0n) is 17.6. The normalized spacial score (nSPS) is 10.3. The first kappa shape index (κ1) is 24.7. The minimum atomic E-state index is 0. The highest BCUT2D eigenvalue weighted by atomic mass is 35.5. The number of benzene rings is 1. The van der Waals surface area contributed by atoms with E-state index in [0.717, 1.165) is 22.8 Å². The number of rotatable bonds is 6. The topological polar surface area (TPSA) is 49.8 Å². The number of hydrogen-bond acceptors (Lipinski definition) is 4. The van der Waals surface area contributed by atoms with E-state index in [9.17, 15) is 0 Å². The first-order chi connectivity index (χ1) is 12.9. The maximum Gasteiger partial charge on any atom is 0.126 e. The van der Waals surface area contributed by atoms with Crippen molar-refractivity contribution in [2.75, 3.05) is 10.6 Å². The summed E-state index contributed by atoms with van der Waals surface area (Å²) >= 11 is 0. The highest BCUT2D eigenvalue weighted by Crippen LogP contribution is 2.29. The minimum Gasteiger partial charge on any atom is -0.368 e. The Kier molecular flexibility index (Phi) is 9.41. The highest BCUT2D eigenvalue weighted by molar-refractivity contribution is 5.85. The molecule has 0 bridgehead atoms. The lowest BCUT2D eigenvalue weighted by Crippen LogP contribution is -2.10. The third-order valence-corrected chi connectivity index (χ3v) is 4.27. The van der Waals surface area contributed by atoms with Crippen molar-refractivity contribution in [1.29, 1.82) is 0 Å². The molecule has 3 aromatic rings. The van der Waals surface area contributed by atoms with Crippen LogP contribution in [0.5, 0.6) is 0 Å². The molecule has 0 unspecified atom stereocenters. The molecule has 0 fully saturated rings. The molecule has 4 nitrogen and oxygen atoms in total. The molecule has 29 heavy (non-hydrogen) atoms. The molecular formula is C23H30Cl2N4. The predicted molar refractivity (Wildman–Crippen MR) is 130 cm³/mol. The van der Waals surface area contributed by atoms with Crippen molar-refractivity contribution in [2.45, 2.75) is 46.7 Å². The predicted octanol–water partition coefficient (Wildman–Crippen LogP) is 6.60. The molecule has 1 aromatic carbocycles. The van der Waals surface area contributed by atoms with E-state index in [1.54, 1.807) is 0 Å². The lowest BCUT2D eigenvalue weighted by Gasteiger charge is -2.12. The Morgan fingerprint density at radius 1 is 0.655 bits per heavy atom. The maximum atomic E-state index is 4.52. The zero-order chi connectivity index (χ0) is 19.4. The number of anilines is 2. The maximum absolute atomic E-state index is 4.52. The Hall–Kier alpha value is -2.30. The van der Waals surface area contributed by atoms with Gasteiger partial charge < -0.3 is 10.6 Å². The Morgan fingerprint density at radius 3 is 1.55 bits per heavy atom. The summed E-state index contributed by atoms with van der Waals surface area (Å²) in [5.74, 6) is 1.81. The molecule has 0 saturated carbocycles. The monoisotopic (exact) mass is 432 g/mol. The molecule has 2 aromatic heterocycles. The quantitative estimate of drug-likeness (QED) is 0.460. The Labute approximate surface area is 186 Å². The lowest BCUT2D eigenvalue weighted by molar-refractivity contribution is 0.889. The SMILES string of the molecule is Cc1cc(-c2ccc(NC(C)C)nc2)ccc1-c1ccc(NC(C)C)nc1.Cl.Cl. The highest BCUT2D eigenvalue weighted by Gasteiger charge is 2.07. The third-order valence-electron chi connectivity index (χ3n) is 4.27. The van der Waals surface area contributed by atoms with Crippen molar-refractivity contribution >= 4 is 36.4 Å². The van der Waals surface area contributed by atoms with Crippen molar-refractivity contribution in [2.24, 2.45) is 0 Å². The van der Waals surface area contributed by atoms with Crippen LogP contribution in [0.3, 0.4) is 0 Å². The summed E-state index contributed by atoms with van der Waals surface area (Å²) in [7, 11) is 0. The van der Waals surface area contributed by atoms with Gasteiger partial charge in [0, 0.05) is 35.6 Å². The van der Waals surface area contributed by atoms with Gasteiger partial charge in [0.2, 0.25) is 0 Å². The third kappa shape index (κ3) is 6.62. The summed E-state index contributed by atoms with van der Waals surface area (Å²) in [6, 6.07) is 15.6.